The molecule has 1 N–H and O–H groups in total. The van der Waals surface area contributed by atoms with E-state index >= 15 is 0 Å². The van der Waals surface area contributed by atoms with Gasteiger partial charge in [0.2, 0.25) is 0 Å². The van der Waals surface area contributed by atoms with Crippen LogP contribution in [-0.2, 0) is 9.47 Å². The van der Waals surface area contributed by atoms with Crippen molar-refractivity contribution in [2.24, 2.45) is 5.16 Å². The highest BCUT2D eigenvalue weighted by atomic mass is 16.7. The molecule has 9 heavy (non-hydrogen) atoms. The number of ether oxygens (including phenoxy) is 2. The summed E-state index contributed by atoms with van der Waals surface area (Å²) in [6, 6.07) is 0. The van der Waals surface area contributed by atoms with E-state index < -0.39 is 0 Å². The van der Waals surface area contributed by atoms with Gasteiger partial charge in [-0.2, -0.15) is 0 Å². The topological polar surface area (TPSA) is 51.0 Å². The van der Waals surface area contributed by atoms with E-state index in [1.807, 2.05) is 0 Å². The van der Waals surface area contributed by atoms with Crippen molar-refractivity contribution in [2.45, 2.75) is 26.2 Å². The molecule has 0 saturated carbocycles. The van der Waals surface area contributed by atoms with Crippen molar-refractivity contribution >= 4 is 5.90 Å². The van der Waals surface area contributed by atoms with Gasteiger partial charge in [-0.25, -0.2) is 0 Å². The van der Waals surface area contributed by atoms with Gasteiger partial charge < -0.3 is 14.7 Å². The molecule has 1 fully saturated rings. The van der Waals surface area contributed by atoms with Crippen molar-refractivity contribution in [1.29, 1.82) is 0 Å². The van der Waals surface area contributed by atoms with Crippen molar-refractivity contribution in [3.05, 3.63) is 0 Å². The minimum atomic E-state index is -0.286. The zero-order chi connectivity index (χ0) is 6.85. The Labute approximate surface area is 53.1 Å². The van der Waals surface area contributed by atoms with Crippen LogP contribution in [0.25, 0.3) is 0 Å². The molecule has 0 unspecified atom stereocenters. The number of hydrogen-bond donors (Lipinski definition) is 1. The summed E-state index contributed by atoms with van der Waals surface area (Å²) in [7, 11) is 0. The van der Waals surface area contributed by atoms with E-state index in [4.69, 9.17) is 14.7 Å². The molecule has 1 heterocycles. The molecular weight excluding hydrogens is 122 g/mol. The Kier molecular flexibility index (Phi) is 1.57. The van der Waals surface area contributed by atoms with Gasteiger partial charge in [0.05, 0.1) is 0 Å². The third kappa shape index (κ3) is 1.13. The first-order chi connectivity index (χ1) is 4.24. The fourth-order valence-corrected chi connectivity index (χ4v) is 0.744. The number of rotatable bonds is 0. The average molecular weight is 131 g/mol. The summed E-state index contributed by atoms with van der Waals surface area (Å²) in [6.45, 7) is 3.51. The second-order valence-electron chi connectivity index (χ2n) is 1.90. The Morgan fingerprint density at radius 2 is 2.22 bits per heavy atom. The van der Waals surface area contributed by atoms with Crippen molar-refractivity contribution in [1.82, 2.24) is 0 Å². The van der Waals surface area contributed by atoms with Gasteiger partial charge in [0, 0.05) is 0 Å². The molecule has 1 rings (SSSR count). The third-order valence-corrected chi connectivity index (χ3v) is 1.13. The van der Waals surface area contributed by atoms with E-state index in [1.165, 1.54) is 0 Å². The van der Waals surface area contributed by atoms with E-state index in [0.29, 0.717) is 0 Å². The maximum Gasteiger partial charge on any atom is 0.257 e. The summed E-state index contributed by atoms with van der Waals surface area (Å²) >= 11 is 0. The molecule has 4 heteroatoms. The Balaban J connectivity index is 2.58. The highest BCUT2D eigenvalue weighted by molar-refractivity contribution is 5.81. The van der Waals surface area contributed by atoms with Gasteiger partial charge in [0.1, 0.15) is 6.10 Å². The van der Waals surface area contributed by atoms with E-state index in [2.05, 4.69) is 5.16 Å². The smallest absolute Gasteiger partial charge is 0.257 e. The minimum Gasteiger partial charge on any atom is -0.447 e. The van der Waals surface area contributed by atoms with Gasteiger partial charge >= 0.3 is 0 Å². The van der Waals surface area contributed by atoms with Gasteiger partial charge in [-0.05, 0) is 13.8 Å². The fourth-order valence-electron chi connectivity index (χ4n) is 0.744. The van der Waals surface area contributed by atoms with Gasteiger partial charge in [-0.3, -0.25) is 0 Å². The lowest BCUT2D eigenvalue weighted by atomic mass is 10.4. The quantitative estimate of drug-likeness (QED) is 0.386. The van der Waals surface area contributed by atoms with Crippen LogP contribution in [-0.4, -0.2) is 23.5 Å². The Hall–Kier alpha value is -0.770. The van der Waals surface area contributed by atoms with Crippen molar-refractivity contribution < 1.29 is 14.7 Å². The first-order valence-electron chi connectivity index (χ1n) is 2.78. The van der Waals surface area contributed by atoms with Crippen LogP contribution in [0.4, 0.5) is 0 Å². The molecule has 1 aliphatic rings. The largest absolute Gasteiger partial charge is 0.447 e. The van der Waals surface area contributed by atoms with Gasteiger partial charge in [-0.15, -0.1) is 0 Å². The molecule has 0 aromatic heterocycles. The molecule has 1 saturated heterocycles. The molecule has 0 bridgehead atoms. The van der Waals surface area contributed by atoms with Crippen molar-refractivity contribution in [3.8, 4) is 0 Å². The van der Waals surface area contributed by atoms with Crippen LogP contribution in [0.3, 0.4) is 0 Å². The predicted octanol–water partition coefficient (Wildman–Crippen LogP) is 0.555. The molecule has 1 aliphatic heterocycles. The van der Waals surface area contributed by atoms with E-state index in [9.17, 15) is 0 Å². The highest BCUT2D eigenvalue weighted by Gasteiger charge is 2.26. The Morgan fingerprint density at radius 3 is 2.44 bits per heavy atom. The molecule has 2 atom stereocenters. The van der Waals surface area contributed by atoms with Crippen LogP contribution in [0, 0.1) is 0 Å². The van der Waals surface area contributed by atoms with Gasteiger partial charge in [0.25, 0.3) is 5.90 Å². The average Bonchev–Trinajstić information content (AvgIpc) is 2.10. The summed E-state index contributed by atoms with van der Waals surface area (Å²) in [6.07, 6.45) is -0.504. The summed E-state index contributed by atoms with van der Waals surface area (Å²) < 4.78 is 9.95. The maximum absolute atomic E-state index is 8.24. The SMILES string of the molecule is C[C@H]1O/C(=N\O)[C@@H](C)O1. The summed E-state index contributed by atoms with van der Waals surface area (Å²) in [5.74, 6) is 0.252. The lowest BCUT2D eigenvalue weighted by molar-refractivity contribution is -0.0293. The van der Waals surface area contributed by atoms with Gasteiger partial charge in [0.15, 0.2) is 6.29 Å². The molecule has 52 valence electrons. The van der Waals surface area contributed by atoms with Crippen LogP contribution in [0.2, 0.25) is 0 Å². The maximum atomic E-state index is 8.24. The zero-order valence-corrected chi connectivity index (χ0v) is 5.37. The van der Waals surface area contributed by atoms with E-state index in [1.54, 1.807) is 13.8 Å². The minimum absolute atomic E-state index is 0.218. The molecule has 0 aliphatic carbocycles. The van der Waals surface area contributed by atoms with Crippen LogP contribution >= 0.6 is 0 Å². The number of oxime groups is 1. The zero-order valence-electron chi connectivity index (χ0n) is 5.37. The molecular formula is C5H9NO3. The summed E-state index contributed by atoms with van der Waals surface area (Å²) in [5, 5.41) is 11.1. The lowest BCUT2D eigenvalue weighted by Crippen LogP contribution is -2.10. The lowest BCUT2D eigenvalue weighted by Gasteiger charge is -1.97. The van der Waals surface area contributed by atoms with Crippen LogP contribution < -0.4 is 0 Å². The monoisotopic (exact) mass is 131 g/mol. The molecule has 0 aromatic rings. The van der Waals surface area contributed by atoms with Crippen molar-refractivity contribution in [3.63, 3.8) is 0 Å². The molecule has 0 spiro atoms. The van der Waals surface area contributed by atoms with Gasteiger partial charge in [-0.1, -0.05) is 5.16 Å². The summed E-state index contributed by atoms with van der Waals surface area (Å²) in [5.41, 5.74) is 0. The summed E-state index contributed by atoms with van der Waals surface area (Å²) in [4.78, 5) is 0. The van der Waals surface area contributed by atoms with E-state index in [-0.39, 0.29) is 18.3 Å². The Morgan fingerprint density at radius 1 is 1.56 bits per heavy atom. The normalized spacial score (nSPS) is 39.1. The third-order valence-electron chi connectivity index (χ3n) is 1.13. The van der Waals surface area contributed by atoms with Crippen LogP contribution in [0.1, 0.15) is 13.8 Å². The van der Waals surface area contributed by atoms with Crippen LogP contribution in [0.15, 0.2) is 5.16 Å². The highest BCUT2D eigenvalue weighted by Crippen LogP contribution is 2.12. The molecule has 4 nitrogen and oxygen atoms in total. The number of hydrogen-bond acceptors (Lipinski definition) is 4. The second-order valence-corrected chi connectivity index (χ2v) is 1.90. The first-order valence-corrected chi connectivity index (χ1v) is 2.78. The molecule has 0 aromatic carbocycles. The standard InChI is InChI=1S/C5H9NO3/c1-3-5(6-7)9-4(2)8-3/h3-4,7H,1-2H3/b6-5-/t3-,4-/m1/s1. The second kappa shape index (κ2) is 2.23. The van der Waals surface area contributed by atoms with Crippen molar-refractivity contribution in [2.75, 3.05) is 0 Å². The van der Waals surface area contributed by atoms with Crippen LogP contribution in [0.5, 0.6) is 0 Å². The predicted molar refractivity (Wildman–Crippen MR) is 30.3 cm³/mol. The first kappa shape index (κ1) is 6.35. The Bertz CT molecular complexity index is 134. The fraction of sp³-hybridized carbons (Fsp3) is 0.800. The number of nitrogens with zero attached hydrogens (tertiary/aromatic N) is 1. The molecule has 0 radical (unpaired) electrons. The van der Waals surface area contributed by atoms with E-state index in [0.717, 1.165) is 0 Å². The molecule has 0 amide bonds.